The molecule has 1 aliphatic heterocycles. The number of aryl methyl sites for hydroxylation is 3. The number of rotatable bonds is 3. The van der Waals surface area contributed by atoms with E-state index < -0.39 is 6.10 Å². The van der Waals surface area contributed by atoms with Crippen LogP contribution in [0.25, 0.3) is 0 Å². The molecule has 8 heteroatoms. The highest BCUT2D eigenvalue weighted by Crippen LogP contribution is 2.24. The molecule has 3 aromatic heterocycles. The summed E-state index contributed by atoms with van der Waals surface area (Å²) in [5, 5.41) is 19.3. The van der Waals surface area contributed by atoms with Gasteiger partial charge in [-0.2, -0.15) is 10.2 Å². The van der Waals surface area contributed by atoms with Gasteiger partial charge in [-0.15, -0.1) is 11.3 Å². The smallest absolute Gasteiger partial charge is 0.264 e. The van der Waals surface area contributed by atoms with Gasteiger partial charge in [0.1, 0.15) is 6.10 Å². The number of aliphatic hydroxyl groups excluding tert-OH is 1. The highest BCUT2D eigenvalue weighted by Gasteiger charge is 2.25. The third-order valence-corrected chi connectivity index (χ3v) is 5.68. The minimum atomic E-state index is -0.828. The van der Waals surface area contributed by atoms with Crippen LogP contribution in [0.4, 0.5) is 0 Å². The van der Waals surface area contributed by atoms with Gasteiger partial charge in [0.05, 0.1) is 28.5 Å². The molecule has 0 fully saturated rings. The van der Waals surface area contributed by atoms with Gasteiger partial charge in [-0.05, 0) is 37.6 Å². The van der Waals surface area contributed by atoms with Gasteiger partial charge in [0.25, 0.3) is 5.91 Å². The molecular weight excluding hydrogens is 350 g/mol. The number of thiophene rings is 1. The summed E-state index contributed by atoms with van der Waals surface area (Å²) in [4.78, 5) is 16.6. The summed E-state index contributed by atoms with van der Waals surface area (Å²) in [6.45, 7) is 3.95. The van der Waals surface area contributed by atoms with E-state index in [1.165, 1.54) is 11.3 Å². The molecule has 3 aromatic rings. The molecule has 0 spiro atoms. The van der Waals surface area contributed by atoms with Crippen molar-refractivity contribution in [2.75, 3.05) is 6.54 Å². The van der Waals surface area contributed by atoms with Crippen LogP contribution < -0.4 is 0 Å². The van der Waals surface area contributed by atoms with Crippen LogP contribution in [0.1, 0.15) is 44.2 Å². The van der Waals surface area contributed by atoms with Gasteiger partial charge in [-0.3, -0.25) is 14.2 Å². The normalized spacial score (nSPS) is 15.6. The Morgan fingerprint density at radius 3 is 2.85 bits per heavy atom. The lowest BCUT2D eigenvalue weighted by molar-refractivity contribution is 0.0750. The van der Waals surface area contributed by atoms with Gasteiger partial charge in [0.15, 0.2) is 0 Å². The van der Waals surface area contributed by atoms with Crippen molar-refractivity contribution in [1.82, 2.24) is 24.5 Å². The summed E-state index contributed by atoms with van der Waals surface area (Å²) in [5.41, 5.74) is 2.23. The minimum absolute atomic E-state index is 0.0616. The number of carbonyl (C=O) groups is 1. The molecule has 0 bridgehead atoms. The number of aliphatic hydroxyl groups is 1. The monoisotopic (exact) mass is 371 g/mol. The zero-order valence-electron chi connectivity index (χ0n) is 14.8. The van der Waals surface area contributed by atoms with Crippen molar-refractivity contribution >= 4 is 17.2 Å². The second-order valence-corrected chi connectivity index (χ2v) is 7.84. The highest BCUT2D eigenvalue weighted by molar-refractivity contribution is 7.13. The van der Waals surface area contributed by atoms with Gasteiger partial charge in [-0.25, -0.2) is 0 Å². The zero-order valence-corrected chi connectivity index (χ0v) is 15.6. The number of aromatic nitrogens is 4. The van der Waals surface area contributed by atoms with E-state index in [2.05, 4.69) is 10.2 Å². The average Bonchev–Trinajstić information content (AvgIpc) is 3.31. The molecule has 7 nitrogen and oxygen atoms in total. The second-order valence-electron chi connectivity index (χ2n) is 6.56. The SMILES string of the molecule is Cc1ccc(C(=O)N2CCCn3nc([C@@H](O)c4ccnn4C)cc3C2)s1. The van der Waals surface area contributed by atoms with Crippen LogP contribution in [-0.2, 0) is 20.1 Å². The number of hydrogen-bond acceptors (Lipinski definition) is 5. The van der Waals surface area contributed by atoms with Gasteiger partial charge in [-0.1, -0.05) is 0 Å². The molecule has 1 amide bonds. The van der Waals surface area contributed by atoms with E-state index in [0.717, 1.165) is 28.4 Å². The maximum atomic E-state index is 12.8. The molecule has 0 aliphatic carbocycles. The van der Waals surface area contributed by atoms with Gasteiger partial charge in [0.2, 0.25) is 0 Å². The Labute approximate surface area is 155 Å². The Morgan fingerprint density at radius 1 is 1.31 bits per heavy atom. The highest BCUT2D eigenvalue weighted by atomic mass is 32.1. The van der Waals surface area contributed by atoms with E-state index in [1.807, 2.05) is 34.7 Å². The largest absolute Gasteiger partial charge is 0.380 e. The van der Waals surface area contributed by atoms with Crippen LogP contribution in [0.2, 0.25) is 0 Å². The van der Waals surface area contributed by atoms with Crippen molar-refractivity contribution in [2.24, 2.45) is 7.05 Å². The third-order valence-electron chi connectivity index (χ3n) is 4.69. The van der Waals surface area contributed by atoms with Crippen molar-refractivity contribution in [3.8, 4) is 0 Å². The van der Waals surface area contributed by atoms with Gasteiger partial charge >= 0.3 is 0 Å². The van der Waals surface area contributed by atoms with Crippen molar-refractivity contribution in [2.45, 2.75) is 32.5 Å². The number of carbonyl (C=O) groups excluding carboxylic acids is 1. The molecule has 4 rings (SSSR count). The van der Waals surface area contributed by atoms with E-state index in [-0.39, 0.29) is 5.91 Å². The van der Waals surface area contributed by atoms with Gasteiger partial charge < -0.3 is 10.0 Å². The van der Waals surface area contributed by atoms with Crippen LogP contribution in [0.5, 0.6) is 0 Å². The van der Waals surface area contributed by atoms with E-state index in [1.54, 1.807) is 24.0 Å². The van der Waals surface area contributed by atoms with Crippen LogP contribution >= 0.6 is 11.3 Å². The van der Waals surface area contributed by atoms with Crippen molar-refractivity contribution in [3.63, 3.8) is 0 Å². The van der Waals surface area contributed by atoms with Gasteiger partial charge in [0, 0.05) is 31.2 Å². The topological polar surface area (TPSA) is 76.2 Å². The molecule has 0 radical (unpaired) electrons. The average molecular weight is 371 g/mol. The third kappa shape index (κ3) is 3.06. The summed E-state index contributed by atoms with van der Waals surface area (Å²) < 4.78 is 3.55. The number of nitrogens with zero attached hydrogens (tertiary/aromatic N) is 5. The molecule has 0 aromatic carbocycles. The summed E-state index contributed by atoms with van der Waals surface area (Å²) in [7, 11) is 1.79. The maximum Gasteiger partial charge on any atom is 0.264 e. The Morgan fingerprint density at radius 2 is 2.15 bits per heavy atom. The molecule has 0 unspecified atom stereocenters. The van der Waals surface area contributed by atoms with Crippen LogP contribution in [0.3, 0.4) is 0 Å². The van der Waals surface area contributed by atoms with Crippen molar-refractivity contribution in [1.29, 1.82) is 0 Å². The van der Waals surface area contributed by atoms with Crippen molar-refractivity contribution < 1.29 is 9.90 Å². The molecule has 1 atom stereocenters. The maximum absolute atomic E-state index is 12.8. The van der Waals surface area contributed by atoms with E-state index >= 15 is 0 Å². The molecule has 0 saturated heterocycles. The van der Waals surface area contributed by atoms with Crippen LogP contribution in [0, 0.1) is 6.92 Å². The molecule has 26 heavy (non-hydrogen) atoms. The Kier molecular flexibility index (Phi) is 4.37. The summed E-state index contributed by atoms with van der Waals surface area (Å²) in [6, 6.07) is 7.54. The number of fused-ring (bicyclic) bond motifs is 1. The Hall–Kier alpha value is -2.45. The quantitative estimate of drug-likeness (QED) is 0.765. The first-order valence-electron chi connectivity index (χ1n) is 8.61. The first-order chi connectivity index (χ1) is 12.5. The Balaban J connectivity index is 1.58. The predicted molar refractivity (Wildman–Crippen MR) is 97.9 cm³/mol. The fourth-order valence-corrected chi connectivity index (χ4v) is 4.14. The van der Waals surface area contributed by atoms with E-state index in [9.17, 15) is 9.90 Å². The summed E-state index contributed by atoms with van der Waals surface area (Å²) in [6.07, 6.45) is 1.67. The lowest BCUT2D eigenvalue weighted by Gasteiger charge is -2.19. The molecule has 1 N–H and O–H groups in total. The fraction of sp³-hybridized carbons (Fsp3) is 0.389. The second kappa shape index (κ2) is 6.69. The molecule has 1 aliphatic rings. The van der Waals surface area contributed by atoms with E-state index in [0.29, 0.717) is 24.5 Å². The molecule has 4 heterocycles. The van der Waals surface area contributed by atoms with Crippen molar-refractivity contribution in [3.05, 3.63) is 57.3 Å². The zero-order chi connectivity index (χ0) is 18.3. The molecule has 0 saturated carbocycles. The first-order valence-corrected chi connectivity index (χ1v) is 9.43. The number of amides is 1. The first kappa shape index (κ1) is 17.0. The fourth-order valence-electron chi connectivity index (χ4n) is 3.30. The van der Waals surface area contributed by atoms with Crippen LogP contribution in [0.15, 0.2) is 30.5 Å². The lowest BCUT2D eigenvalue weighted by Crippen LogP contribution is -2.30. The number of hydrogen-bond donors (Lipinski definition) is 1. The van der Waals surface area contributed by atoms with Crippen LogP contribution in [-0.4, -0.2) is 42.0 Å². The summed E-state index contributed by atoms with van der Waals surface area (Å²) in [5.74, 6) is 0.0616. The minimum Gasteiger partial charge on any atom is -0.380 e. The standard InChI is InChI=1S/C18H21N5O2S/c1-12-4-5-16(26-12)18(25)22-8-3-9-23-13(11-22)10-14(20-23)17(24)15-6-7-19-21(15)2/h4-7,10,17,24H,3,8-9,11H2,1-2H3/t17-/m1/s1. The predicted octanol–water partition coefficient (Wildman–Crippen LogP) is 2.11. The van der Waals surface area contributed by atoms with E-state index in [4.69, 9.17) is 0 Å². The molecule has 136 valence electrons. The Bertz CT molecular complexity index is 941. The summed E-state index contributed by atoms with van der Waals surface area (Å²) >= 11 is 1.52. The molecular formula is C18H21N5O2S. The lowest BCUT2D eigenvalue weighted by atomic mass is 10.2.